The summed E-state index contributed by atoms with van der Waals surface area (Å²) in [5, 5.41) is 18.3. The highest BCUT2D eigenvalue weighted by molar-refractivity contribution is 7.91. The monoisotopic (exact) mass is 499 g/mol. The van der Waals surface area contributed by atoms with Crippen LogP contribution in [0.15, 0.2) is 41.3 Å². The molecule has 34 heavy (non-hydrogen) atoms. The Hall–Kier alpha value is -2.92. The Morgan fingerprint density at radius 3 is 2.35 bits per heavy atom. The maximum absolute atomic E-state index is 14.3. The zero-order valence-electron chi connectivity index (χ0n) is 17.9. The van der Waals surface area contributed by atoms with E-state index in [4.69, 9.17) is 9.90 Å². The van der Waals surface area contributed by atoms with Crippen LogP contribution >= 0.6 is 0 Å². The highest BCUT2D eigenvalue weighted by atomic mass is 32.2. The number of alkyl halides is 3. The third kappa shape index (κ3) is 4.18. The first-order valence-corrected chi connectivity index (χ1v) is 12.1. The molecule has 6 nitrogen and oxygen atoms in total. The normalized spacial score (nSPS) is 20.9. The molecule has 11 heteroatoms. The average molecular weight is 499 g/mol. The van der Waals surface area contributed by atoms with Crippen LogP contribution in [0.2, 0.25) is 0 Å². The van der Waals surface area contributed by atoms with Crippen molar-refractivity contribution in [3.63, 3.8) is 0 Å². The van der Waals surface area contributed by atoms with Crippen LogP contribution in [0.5, 0.6) is 0 Å². The van der Waals surface area contributed by atoms with Crippen LogP contribution in [0.1, 0.15) is 54.3 Å². The van der Waals surface area contributed by atoms with E-state index in [1.807, 2.05) is 0 Å². The summed E-state index contributed by atoms with van der Waals surface area (Å²) < 4.78 is 80.9. The minimum Gasteiger partial charge on any atom is -0.481 e. The lowest BCUT2D eigenvalue weighted by Gasteiger charge is -2.29. The van der Waals surface area contributed by atoms with Gasteiger partial charge < -0.3 is 14.8 Å². The third-order valence-corrected chi connectivity index (χ3v) is 7.78. The molecular weight excluding hydrogens is 478 g/mol. The summed E-state index contributed by atoms with van der Waals surface area (Å²) in [5.74, 6) is -1.92. The van der Waals surface area contributed by atoms with Crippen molar-refractivity contribution in [2.24, 2.45) is 0 Å². The molecule has 2 aliphatic rings. The molecule has 1 aliphatic carbocycles. The zero-order valence-corrected chi connectivity index (χ0v) is 18.8. The number of rotatable bonds is 1. The van der Waals surface area contributed by atoms with Crippen LogP contribution in [0.4, 0.5) is 17.6 Å². The number of aliphatic hydroxyl groups excluding tert-OH is 1. The number of carboxylic acids is 1. The molecule has 2 heterocycles. The van der Waals surface area contributed by atoms with Gasteiger partial charge in [0.15, 0.2) is 9.84 Å². The highest BCUT2D eigenvalue weighted by Gasteiger charge is 2.39. The Bertz CT molecular complexity index is 1370. The third-order valence-electron chi connectivity index (χ3n) is 6.04. The summed E-state index contributed by atoms with van der Waals surface area (Å²) in [6.07, 6.45) is -3.61. The van der Waals surface area contributed by atoms with Gasteiger partial charge in [-0.3, -0.25) is 4.79 Å². The molecule has 0 radical (unpaired) electrons. The van der Waals surface area contributed by atoms with Gasteiger partial charge in [0.05, 0.1) is 33.9 Å². The van der Waals surface area contributed by atoms with Gasteiger partial charge in [-0.05, 0) is 49.1 Å². The van der Waals surface area contributed by atoms with E-state index in [-0.39, 0.29) is 10.6 Å². The quantitative estimate of drug-likeness (QED) is 0.476. The highest BCUT2D eigenvalue weighted by Crippen LogP contribution is 2.46. The van der Waals surface area contributed by atoms with Crippen molar-refractivity contribution in [3.05, 3.63) is 64.6 Å². The van der Waals surface area contributed by atoms with Gasteiger partial charge in [-0.1, -0.05) is 12.1 Å². The number of carboxylic acid groups (broad SMARTS) is 1. The Labute approximate surface area is 192 Å². The number of hydrogen-bond donors (Lipinski definition) is 2. The summed E-state index contributed by atoms with van der Waals surface area (Å²) in [4.78, 5) is 8.86. The molecule has 3 aromatic rings. The Morgan fingerprint density at radius 2 is 1.76 bits per heavy atom. The fourth-order valence-electron chi connectivity index (χ4n) is 4.78. The molecule has 0 amide bonds. The van der Waals surface area contributed by atoms with Crippen molar-refractivity contribution in [2.75, 3.05) is 5.75 Å². The number of aliphatic hydroxyl groups is 1. The number of fused-ring (bicyclic) bond motifs is 3. The molecule has 2 atom stereocenters. The second-order valence-electron chi connectivity index (χ2n) is 8.37. The largest absolute Gasteiger partial charge is 0.481 e. The van der Waals surface area contributed by atoms with E-state index in [0.29, 0.717) is 41.3 Å². The van der Waals surface area contributed by atoms with Gasteiger partial charge in [-0.15, -0.1) is 0 Å². The van der Waals surface area contributed by atoms with E-state index in [0.717, 1.165) is 30.8 Å². The minimum atomic E-state index is -4.49. The molecule has 0 saturated carbocycles. The lowest BCUT2D eigenvalue weighted by Crippen LogP contribution is -2.28. The van der Waals surface area contributed by atoms with E-state index < -0.39 is 45.5 Å². The Kier molecular flexibility index (Phi) is 5.97. The van der Waals surface area contributed by atoms with E-state index in [9.17, 15) is 31.1 Å². The second-order valence-corrected chi connectivity index (χ2v) is 10.4. The predicted octanol–water partition coefficient (Wildman–Crippen LogP) is 4.64. The maximum Gasteiger partial charge on any atom is 0.416 e. The first-order chi connectivity index (χ1) is 15.8. The van der Waals surface area contributed by atoms with Crippen LogP contribution < -0.4 is 0 Å². The van der Waals surface area contributed by atoms with E-state index in [1.54, 1.807) is 4.57 Å². The first-order valence-electron chi connectivity index (χ1n) is 10.4. The number of benzene rings is 2. The Balaban J connectivity index is 0.000000636. The van der Waals surface area contributed by atoms with Gasteiger partial charge in [0.25, 0.3) is 5.97 Å². The van der Waals surface area contributed by atoms with Gasteiger partial charge in [0, 0.05) is 23.6 Å². The molecule has 1 unspecified atom stereocenters. The lowest BCUT2D eigenvalue weighted by molar-refractivity contribution is -0.137. The van der Waals surface area contributed by atoms with Crippen LogP contribution in [-0.2, 0) is 27.2 Å². The number of aliphatic carboxylic acids is 1. The summed E-state index contributed by atoms with van der Waals surface area (Å²) in [7, 11) is -3.89. The van der Waals surface area contributed by atoms with Gasteiger partial charge in [-0.25, -0.2) is 12.8 Å². The van der Waals surface area contributed by atoms with Crippen LogP contribution in [-0.4, -0.2) is 34.9 Å². The number of aromatic nitrogens is 1. The standard InChI is InChI=1S/C21H17F4NO3S.C2H4O2/c22-13-8-14-19-15(2-1-3-17(19)27)26-16(10-30(28,29)18(9-13)20(14)26)11-4-6-12(7-5-11)21(23,24)25;1-2(3)4/h4-9,16-17,27H,1-3,10H2;1H3,(H,3,4)/t16-,17?;/m0./s1. The predicted molar refractivity (Wildman–Crippen MR) is 115 cm³/mol. The van der Waals surface area contributed by atoms with Crippen molar-refractivity contribution >= 4 is 26.7 Å². The van der Waals surface area contributed by atoms with Crippen LogP contribution in [0.25, 0.3) is 10.9 Å². The first kappa shape index (κ1) is 24.2. The summed E-state index contributed by atoms with van der Waals surface area (Å²) >= 11 is 0. The molecule has 182 valence electrons. The molecule has 0 spiro atoms. The lowest BCUT2D eigenvalue weighted by atomic mass is 9.92. The van der Waals surface area contributed by atoms with Crippen molar-refractivity contribution < 1.29 is 41.0 Å². The number of hydrogen-bond acceptors (Lipinski definition) is 4. The topological polar surface area (TPSA) is 96.6 Å². The molecule has 2 aromatic carbocycles. The van der Waals surface area contributed by atoms with Crippen LogP contribution in [0.3, 0.4) is 0 Å². The number of carbonyl (C=O) groups is 1. The SMILES string of the molecule is CC(=O)O.O=S1(=O)C[C@@H](c2ccc(C(F)(F)F)cc2)n2c3c(c4cc(F)cc1c42)C(O)CCC3. The van der Waals surface area contributed by atoms with Crippen molar-refractivity contribution in [3.8, 4) is 0 Å². The van der Waals surface area contributed by atoms with Gasteiger partial charge in [0.1, 0.15) is 5.82 Å². The number of sulfone groups is 1. The maximum atomic E-state index is 14.3. The van der Waals surface area contributed by atoms with Crippen molar-refractivity contribution in [1.29, 1.82) is 0 Å². The fraction of sp³-hybridized carbons (Fsp3) is 0.348. The van der Waals surface area contributed by atoms with Crippen molar-refractivity contribution in [2.45, 2.75) is 49.4 Å². The van der Waals surface area contributed by atoms with E-state index in [1.165, 1.54) is 18.2 Å². The van der Waals surface area contributed by atoms with Gasteiger partial charge in [0.2, 0.25) is 0 Å². The van der Waals surface area contributed by atoms with Crippen molar-refractivity contribution in [1.82, 2.24) is 4.57 Å². The smallest absolute Gasteiger partial charge is 0.416 e. The van der Waals surface area contributed by atoms with Gasteiger partial charge >= 0.3 is 6.18 Å². The zero-order chi connectivity index (χ0) is 25.0. The number of halogens is 4. The fourth-order valence-corrected chi connectivity index (χ4v) is 6.51. The Morgan fingerprint density at radius 1 is 1.15 bits per heavy atom. The molecule has 0 fully saturated rings. The molecular formula is C23H21F4NO5S. The molecule has 0 bridgehead atoms. The van der Waals surface area contributed by atoms with E-state index >= 15 is 0 Å². The molecule has 2 N–H and O–H groups in total. The minimum absolute atomic E-state index is 0.137. The summed E-state index contributed by atoms with van der Waals surface area (Å²) in [6, 6.07) is 5.90. The second kappa shape index (κ2) is 8.38. The van der Waals surface area contributed by atoms with Crippen LogP contribution in [0, 0.1) is 5.82 Å². The average Bonchev–Trinajstić information content (AvgIpc) is 3.05. The summed E-state index contributed by atoms with van der Waals surface area (Å²) in [6.45, 7) is 1.08. The summed E-state index contributed by atoms with van der Waals surface area (Å²) in [5.41, 5.74) is 1.16. The molecule has 1 aromatic heterocycles. The van der Waals surface area contributed by atoms with Gasteiger partial charge in [-0.2, -0.15) is 13.2 Å². The number of nitrogens with zero attached hydrogens (tertiary/aromatic N) is 1. The molecule has 5 rings (SSSR count). The molecule has 1 aliphatic heterocycles. The molecule has 0 saturated heterocycles. The van der Waals surface area contributed by atoms with E-state index in [2.05, 4.69) is 0 Å².